The lowest BCUT2D eigenvalue weighted by molar-refractivity contribution is 0.137. The Hall–Kier alpha value is -2.35. The Morgan fingerprint density at radius 1 is 1.19 bits per heavy atom. The van der Waals surface area contributed by atoms with E-state index in [1.54, 1.807) is 25.6 Å². The summed E-state index contributed by atoms with van der Waals surface area (Å²) in [6.45, 7) is 4.12. The van der Waals surface area contributed by atoms with Crippen molar-refractivity contribution in [2.24, 2.45) is 0 Å². The zero-order chi connectivity index (χ0) is 19.1. The third-order valence-corrected chi connectivity index (χ3v) is 4.56. The van der Waals surface area contributed by atoms with Crippen LogP contribution in [0.4, 0.5) is 0 Å². The number of methoxy groups -OCH3 is 1. The summed E-state index contributed by atoms with van der Waals surface area (Å²) in [7, 11) is 1.70. The molecule has 27 heavy (non-hydrogen) atoms. The minimum Gasteiger partial charge on any atom is -0.385 e. The maximum Gasteiger partial charge on any atom is 0.241 e. The fourth-order valence-electron chi connectivity index (χ4n) is 2.79. The SMILES string of the molecule is COCCCN(Cc1nc(-c2cccnc2Cl)no1)[C@@H](C)c1ccccn1. The van der Waals surface area contributed by atoms with Gasteiger partial charge in [-0.15, -0.1) is 0 Å². The van der Waals surface area contributed by atoms with E-state index < -0.39 is 0 Å². The van der Waals surface area contributed by atoms with Crippen LogP contribution < -0.4 is 0 Å². The Morgan fingerprint density at radius 2 is 2.04 bits per heavy atom. The fourth-order valence-corrected chi connectivity index (χ4v) is 2.99. The first-order valence-electron chi connectivity index (χ1n) is 8.76. The second kappa shape index (κ2) is 9.55. The molecule has 7 nitrogen and oxygen atoms in total. The van der Waals surface area contributed by atoms with Crippen molar-refractivity contribution in [3.8, 4) is 11.4 Å². The first kappa shape index (κ1) is 19.4. The summed E-state index contributed by atoms with van der Waals surface area (Å²) < 4.78 is 10.6. The van der Waals surface area contributed by atoms with Crippen molar-refractivity contribution < 1.29 is 9.26 Å². The molecule has 0 saturated heterocycles. The molecular formula is C19H22ClN5O2. The second-order valence-corrected chi connectivity index (χ2v) is 6.46. The van der Waals surface area contributed by atoms with Gasteiger partial charge in [-0.2, -0.15) is 4.98 Å². The predicted molar refractivity (Wildman–Crippen MR) is 102 cm³/mol. The van der Waals surface area contributed by atoms with Crippen LogP contribution in [0.1, 0.15) is 31.0 Å². The Labute approximate surface area is 163 Å². The van der Waals surface area contributed by atoms with Crippen LogP contribution in [0.2, 0.25) is 5.15 Å². The van der Waals surface area contributed by atoms with Crippen LogP contribution in [0.5, 0.6) is 0 Å². The quantitative estimate of drug-likeness (QED) is 0.408. The molecule has 0 bridgehead atoms. The van der Waals surface area contributed by atoms with E-state index in [4.69, 9.17) is 20.9 Å². The normalized spacial score (nSPS) is 12.4. The average molecular weight is 388 g/mol. The molecule has 0 amide bonds. The average Bonchev–Trinajstić information content (AvgIpc) is 3.16. The van der Waals surface area contributed by atoms with E-state index in [0.29, 0.717) is 35.6 Å². The number of pyridine rings is 2. The molecule has 0 aliphatic rings. The van der Waals surface area contributed by atoms with E-state index in [9.17, 15) is 0 Å². The molecule has 0 fully saturated rings. The first-order chi connectivity index (χ1) is 13.2. The smallest absolute Gasteiger partial charge is 0.241 e. The van der Waals surface area contributed by atoms with Gasteiger partial charge in [-0.3, -0.25) is 9.88 Å². The number of ether oxygens (including phenoxy) is 1. The van der Waals surface area contributed by atoms with Gasteiger partial charge in [-0.05, 0) is 37.6 Å². The third kappa shape index (κ3) is 5.09. The number of hydrogen-bond donors (Lipinski definition) is 0. The number of aromatic nitrogens is 4. The van der Waals surface area contributed by atoms with Crippen LogP contribution in [0, 0.1) is 0 Å². The van der Waals surface area contributed by atoms with Crippen LogP contribution in [-0.2, 0) is 11.3 Å². The van der Waals surface area contributed by atoms with Gasteiger partial charge in [-0.25, -0.2) is 4.98 Å². The largest absolute Gasteiger partial charge is 0.385 e. The molecule has 0 unspecified atom stereocenters. The number of hydrogen-bond acceptors (Lipinski definition) is 7. The maximum absolute atomic E-state index is 6.12. The summed E-state index contributed by atoms with van der Waals surface area (Å²) in [6, 6.07) is 9.62. The van der Waals surface area contributed by atoms with Gasteiger partial charge in [0.1, 0.15) is 5.15 Å². The van der Waals surface area contributed by atoms with Gasteiger partial charge in [0.25, 0.3) is 0 Å². The number of halogens is 1. The summed E-state index contributed by atoms with van der Waals surface area (Å²) >= 11 is 6.12. The lowest BCUT2D eigenvalue weighted by Crippen LogP contribution is -2.29. The highest BCUT2D eigenvalue weighted by molar-refractivity contribution is 6.31. The molecule has 0 spiro atoms. The van der Waals surface area contributed by atoms with E-state index in [1.165, 1.54) is 0 Å². The van der Waals surface area contributed by atoms with Gasteiger partial charge in [0, 0.05) is 38.7 Å². The molecule has 3 heterocycles. The molecule has 3 aromatic heterocycles. The molecule has 3 rings (SSSR count). The van der Waals surface area contributed by atoms with Gasteiger partial charge in [0.15, 0.2) is 0 Å². The summed E-state index contributed by atoms with van der Waals surface area (Å²) in [4.78, 5) is 15.3. The van der Waals surface area contributed by atoms with E-state index in [0.717, 1.165) is 18.7 Å². The first-order valence-corrected chi connectivity index (χ1v) is 9.14. The molecule has 142 valence electrons. The third-order valence-electron chi connectivity index (χ3n) is 4.26. The lowest BCUT2D eigenvalue weighted by Gasteiger charge is -2.27. The zero-order valence-corrected chi connectivity index (χ0v) is 16.1. The highest BCUT2D eigenvalue weighted by Crippen LogP contribution is 2.25. The summed E-state index contributed by atoms with van der Waals surface area (Å²) in [5.74, 6) is 0.954. The van der Waals surface area contributed by atoms with Gasteiger partial charge in [0.05, 0.1) is 17.8 Å². The minimum absolute atomic E-state index is 0.0976. The predicted octanol–water partition coefficient (Wildman–Crippen LogP) is 3.78. The van der Waals surface area contributed by atoms with E-state index >= 15 is 0 Å². The van der Waals surface area contributed by atoms with Crippen molar-refractivity contribution >= 4 is 11.6 Å². The van der Waals surface area contributed by atoms with E-state index in [1.807, 2.05) is 24.3 Å². The van der Waals surface area contributed by atoms with Crippen molar-refractivity contribution in [2.75, 3.05) is 20.3 Å². The molecule has 0 aromatic carbocycles. The van der Waals surface area contributed by atoms with E-state index in [-0.39, 0.29) is 6.04 Å². The van der Waals surface area contributed by atoms with Crippen LogP contribution >= 0.6 is 11.6 Å². The minimum atomic E-state index is 0.0976. The molecule has 0 saturated carbocycles. The molecular weight excluding hydrogens is 366 g/mol. The Bertz CT molecular complexity index is 843. The van der Waals surface area contributed by atoms with Crippen molar-refractivity contribution in [3.05, 3.63) is 59.5 Å². The Kier molecular flexibility index (Phi) is 6.86. The monoisotopic (exact) mass is 387 g/mol. The highest BCUT2D eigenvalue weighted by Gasteiger charge is 2.20. The van der Waals surface area contributed by atoms with Crippen LogP contribution in [-0.4, -0.2) is 45.3 Å². The fraction of sp³-hybridized carbons (Fsp3) is 0.368. The molecule has 0 aliphatic heterocycles. The molecule has 0 aliphatic carbocycles. The van der Waals surface area contributed by atoms with Gasteiger partial charge in [-0.1, -0.05) is 22.8 Å². The number of nitrogens with zero attached hydrogens (tertiary/aromatic N) is 5. The highest BCUT2D eigenvalue weighted by atomic mass is 35.5. The molecule has 8 heteroatoms. The van der Waals surface area contributed by atoms with Crippen LogP contribution in [0.15, 0.2) is 47.2 Å². The summed E-state index contributed by atoms with van der Waals surface area (Å²) in [5, 5.41) is 4.40. The lowest BCUT2D eigenvalue weighted by atomic mass is 10.1. The molecule has 0 N–H and O–H groups in total. The topological polar surface area (TPSA) is 77.2 Å². The van der Waals surface area contributed by atoms with Crippen LogP contribution in [0.3, 0.4) is 0 Å². The molecule has 0 radical (unpaired) electrons. The molecule has 3 aromatic rings. The van der Waals surface area contributed by atoms with Crippen molar-refractivity contribution in [2.45, 2.75) is 25.9 Å². The van der Waals surface area contributed by atoms with Gasteiger partial charge >= 0.3 is 0 Å². The Morgan fingerprint density at radius 3 is 2.78 bits per heavy atom. The van der Waals surface area contributed by atoms with E-state index in [2.05, 4.69) is 31.9 Å². The van der Waals surface area contributed by atoms with Crippen molar-refractivity contribution in [3.63, 3.8) is 0 Å². The Balaban J connectivity index is 1.77. The van der Waals surface area contributed by atoms with Gasteiger partial charge in [0.2, 0.25) is 11.7 Å². The second-order valence-electron chi connectivity index (χ2n) is 6.10. The standard InChI is InChI=1S/C19H22ClN5O2/c1-14(16-8-3-4-9-21-16)25(11-6-12-26-2)13-17-23-19(24-27-17)15-7-5-10-22-18(15)20/h3-5,7-10,14H,6,11-13H2,1-2H3/t14-/m0/s1. The maximum atomic E-state index is 6.12. The molecule has 1 atom stereocenters. The zero-order valence-electron chi connectivity index (χ0n) is 15.4. The van der Waals surface area contributed by atoms with Crippen molar-refractivity contribution in [1.82, 2.24) is 25.0 Å². The number of rotatable bonds is 9. The van der Waals surface area contributed by atoms with Gasteiger partial charge < -0.3 is 9.26 Å². The summed E-state index contributed by atoms with van der Waals surface area (Å²) in [6.07, 6.45) is 4.32. The van der Waals surface area contributed by atoms with Crippen molar-refractivity contribution in [1.29, 1.82) is 0 Å². The summed E-state index contributed by atoms with van der Waals surface area (Å²) in [5.41, 5.74) is 1.64. The van der Waals surface area contributed by atoms with Crippen LogP contribution in [0.25, 0.3) is 11.4 Å².